The van der Waals surface area contributed by atoms with Crippen LogP contribution in [0.4, 0.5) is 5.13 Å². The Balaban J connectivity index is 1.45. The number of piperidine rings is 1. The number of amides is 1. The third kappa shape index (κ3) is 4.45. The van der Waals surface area contributed by atoms with Gasteiger partial charge in [0.25, 0.3) is 10.0 Å². The van der Waals surface area contributed by atoms with Crippen molar-refractivity contribution in [3.8, 4) is 0 Å². The van der Waals surface area contributed by atoms with Crippen molar-refractivity contribution < 1.29 is 17.6 Å². The molecule has 1 amide bonds. The van der Waals surface area contributed by atoms with Crippen molar-refractivity contribution in [2.75, 3.05) is 18.0 Å². The van der Waals surface area contributed by atoms with Crippen LogP contribution >= 0.6 is 34.3 Å². The number of carbonyl (C=O) groups excluding carboxylic acids is 1. The molecule has 4 heterocycles. The molecule has 7 nitrogen and oxygen atoms in total. The fraction of sp³-hybridized carbons (Fsp3) is 0.273. The molecule has 1 atom stereocenters. The number of para-hydroxylation sites is 1. The lowest BCUT2D eigenvalue weighted by molar-refractivity contribution is -0.123. The molecule has 1 unspecified atom stereocenters. The van der Waals surface area contributed by atoms with E-state index in [1.165, 1.54) is 27.0 Å². The van der Waals surface area contributed by atoms with Crippen molar-refractivity contribution >= 4 is 65.6 Å². The summed E-state index contributed by atoms with van der Waals surface area (Å²) in [5.41, 5.74) is 0.641. The van der Waals surface area contributed by atoms with Crippen molar-refractivity contribution in [3.05, 3.63) is 64.9 Å². The monoisotopic (exact) mass is 521 g/mol. The van der Waals surface area contributed by atoms with Gasteiger partial charge in [0.05, 0.1) is 28.4 Å². The molecule has 0 spiro atoms. The molecule has 172 valence electrons. The van der Waals surface area contributed by atoms with E-state index in [0.717, 1.165) is 4.70 Å². The number of hydrogen-bond acceptors (Lipinski definition) is 7. The number of hydrogen-bond donors (Lipinski definition) is 0. The van der Waals surface area contributed by atoms with E-state index in [1.807, 2.05) is 12.1 Å². The van der Waals surface area contributed by atoms with Crippen LogP contribution in [0.1, 0.15) is 18.6 Å². The van der Waals surface area contributed by atoms with Crippen LogP contribution in [0.5, 0.6) is 0 Å². The van der Waals surface area contributed by atoms with Crippen LogP contribution in [0.2, 0.25) is 5.02 Å². The third-order valence-corrected chi connectivity index (χ3v) is 10.2. The van der Waals surface area contributed by atoms with Crippen molar-refractivity contribution in [3.63, 3.8) is 0 Å². The fourth-order valence-corrected chi connectivity index (χ4v) is 7.88. The number of benzene rings is 1. The zero-order valence-electron chi connectivity index (χ0n) is 17.4. The second-order valence-electron chi connectivity index (χ2n) is 7.72. The second kappa shape index (κ2) is 9.19. The van der Waals surface area contributed by atoms with Crippen LogP contribution < -0.4 is 4.90 Å². The highest BCUT2D eigenvalue weighted by Crippen LogP contribution is 2.35. The molecule has 0 radical (unpaired) electrons. The quantitative estimate of drug-likeness (QED) is 0.346. The van der Waals surface area contributed by atoms with E-state index in [1.54, 1.807) is 46.9 Å². The summed E-state index contributed by atoms with van der Waals surface area (Å²) >= 11 is 8.87. The number of nitrogens with zero attached hydrogens (tertiary/aromatic N) is 3. The largest absolute Gasteiger partial charge is 0.467 e. The zero-order valence-corrected chi connectivity index (χ0v) is 20.6. The number of thiazole rings is 1. The highest BCUT2D eigenvalue weighted by molar-refractivity contribution is 7.91. The Morgan fingerprint density at radius 1 is 1.24 bits per heavy atom. The van der Waals surface area contributed by atoms with E-state index in [0.29, 0.717) is 45.0 Å². The molecule has 1 aromatic carbocycles. The minimum Gasteiger partial charge on any atom is -0.467 e. The summed E-state index contributed by atoms with van der Waals surface area (Å²) < 4.78 is 34.2. The normalized spacial score (nSPS) is 17.4. The molecule has 4 aromatic rings. The minimum atomic E-state index is -3.62. The van der Waals surface area contributed by atoms with Gasteiger partial charge in [-0.05, 0) is 48.6 Å². The van der Waals surface area contributed by atoms with Gasteiger partial charge in [0.1, 0.15) is 15.5 Å². The summed E-state index contributed by atoms with van der Waals surface area (Å²) in [7, 11) is -3.62. The predicted molar refractivity (Wildman–Crippen MR) is 130 cm³/mol. The minimum absolute atomic E-state index is 0.138. The van der Waals surface area contributed by atoms with Crippen molar-refractivity contribution in [1.82, 2.24) is 9.29 Å². The lowest BCUT2D eigenvalue weighted by Gasteiger charge is -2.33. The van der Waals surface area contributed by atoms with Crippen LogP contribution in [0.15, 0.2) is 62.7 Å². The number of rotatable bonds is 6. The van der Waals surface area contributed by atoms with Gasteiger partial charge >= 0.3 is 0 Å². The SMILES string of the molecule is O=C(C1CCCN(S(=O)(=O)c2cccs2)C1)N(Cc1ccco1)c1nc2c(Cl)cccc2s1. The lowest BCUT2D eigenvalue weighted by atomic mass is 9.98. The Labute approximate surface area is 204 Å². The summed E-state index contributed by atoms with van der Waals surface area (Å²) in [6.07, 6.45) is 2.78. The first-order valence-corrected chi connectivity index (χ1v) is 13.9. The summed E-state index contributed by atoms with van der Waals surface area (Å²) in [5.74, 6) is -0.0360. The highest BCUT2D eigenvalue weighted by Gasteiger charge is 2.36. The second-order valence-corrected chi connectivity index (χ2v) is 12.2. The zero-order chi connectivity index (χ0) is 23.0. The van der Waals surface area contributed by atoms with Gasteiger partial charge in [-0.2, -0.15) is 4.31 Å². The Bertz CT molecular complexity index is 1370. The van der Waals surface area contributed by atoms with Crippen LogP contribution in [-0.2, 0) is 21.4 Å². The number of aromatic nitrogens is 1. The first-order valence-electron chi connectivity index (χ1n) is 10.4. The molecule has 1 aliphatic heterocycles. The molecule has 1 saturated heterocycles. The van der Waals surface area contributed by atoms with Crippen molar-refractivity contribution in [1.29, 1.82) is 0 Å². The maximum atomic E-state index is 13.7. The molecule has 0 saturated carbocycles. The van der Waals surface area contributed by atoms with Crippen LogP contribution in [0.25, 0.3) is 10.2 Å². The van der Waals surface area contributed by atoms with Gasteiger partial charge in [-0.25, -0.2) is 13.4 Å². The Morgan fingerprint density at radius 2 is 2.12 bits per heavy atom. The Morgan fingerprint density at radius 3 is 2.85 bits per heavy atom. The van der Waals surface area contributed by atoms with Gasteiger partial charge in [-0.3, -0.25) is 9.69 Å². The average Bonchev–Trinajstić information content (AvgIpc) is 3.59. The topological polar surface area (TPSA) is 83.7 Å². The number of fused-ring (bicyclic) bond motifs is 1. The number of carbonyl (C=O) groups is 1. The van der Waals surface area contributed by atoms with E-state index < -0.39 is 15.9 Å². The molecule has 11 heteroatoms. The smallest absolute Gasteiger partial charge is 0.252 e. The van der Waals surface area contributed by atoms with Gasteiger partial charge in [-0.1, -0.05) is 35.1 Å². The molecule has 5 rings (SSSR count). The number of thiophene rings is 1. The van der Waals surface area contributed by atoms with Crippen LogP contribution in [0.3, 0.4) is 0 Å². The van der Waals surface area contributed by atoms with Crippen molar-refractivity contribution in [2.24, 2.45) is 5.92 Å². The molecule has 1 fully saturated rings. The first-order chi connectivity index (χ1) is 15.9. The summed E-state index contributed by atoms with van der Waals surface area (Å²) in [6.45, 7) is 0.746. The molecule has 0 aliphatic carbocycles. The van der Waals surface area contributed by atoms with E-state index in [-0.39, 0.29) is 19.0 Å². The predicted octanol–water partition coefficient (Wildman–Crippen LogP) is 5.24. The first kappa shape index (κ1) is 22.5. The van der Waals surface area contributed by atoms with E-state index in [9.17, 15) is 13.2 Å². The number of furan rings is 1. The summed E-state index contributed by atoms with van der Waals surface area (Å²) in [6, 6.07) is 12.4. The highest BCUT2D eigenvalue weighted by atomic mass is 35.5. The van der Waals surface area contributed by atoms with E-state index >= 15 is 0 Å². The van der Waals surface area contributed by atoms with E-state index in [4.69, 9.17) is 16.0 Å². The molecule has 0 bridgehead atoms. The van der Waals surface area contributed by atoms with Gasteiger partial charge in [0.15, 0.2) is 5.13 Å². The van der Waals surface area contributed by atoms with Gasteiger partial charge < -0.3 is 4.42 Å². The number of anilines is 1. The van der Waals surface area contributed by atoms with Crippen LogP contribution in [-0.4, -0.2) is 36.7 Å². The van der Waals surface area contributed by atoms with Gasteiger partial charge in [0, 0.05) is 13.1 Å². The molecule has 33 heavy (non-hydrogen) atoms. The molecule has 3 aromatic heterocycles. The standard InChI is InChI=1S/C22H20ClN3O4S3/c23-17-7-1-8-18-20(17)24-22(32-18)26(14-16-6-3-11-30-16)21(27)15-5-2-10-25(13-15)33(28,29)19-9-4-12-31-19/h1,3-4,6-9,11-12,15H,2,5,10,13-14H2. The summed E-state index contributed by atoms with van der Waals surface area (Å²) in [5, 5.41) is 2.77. The average molecular weight is 522 g/mol. The number of sulfonamides is 1. The maximum Gasteiger partial charge on any atom is 0.252 e. The molecular formula is C22H20ClN3O4S3. The Kier molecular flexibility index (Phi) is 6.28. The lowest BCUT2D eigenvalue weighted by Crippen LogP contribution is -2.46. The summed E-state index contributed by atoms with van der Waals surface area (Å²) in [4.78, 5) is 20.0. The fourth-order valence-electron chi connectivity index (χ4n) is 3.94. The molecule has 1 aliphatic rings. The van der Waals surface area contributed by atoms with Crippen LogP contribution in [0, 0.1) is 5.92 Å². The third-order valence-electron chi connectivity index (χ3n) is 5.57. The molecule has 0 N–H and O–H groups in total. The maximum absolute atomic E-state index is 13.7. The van der Waals surface area contributed by atoms with E-state index in [2.05, 4.69) is 4.98 Å². The van der Waals surface area contributed by atoms with Gasteiger partial charge in [-0.15, -0.1) is 11.3 Å². The van der Waals surface area contributed by atoms with Gasteiger partial charge in [0.2, 0.25) is 5.91 Å². The number of halogens is 1. The molecular weight excluding hydrogens is 502 g/mol. The Hall–Kier alpha value is -2.24. The van der Waals surface area contributed by atoms with Crippen molar-refractivity contribution in [2.45, 2.75) is 23.6 Å².